The minimum atomic E-state index is 0.113. The number of piperidine rings is 1. The lowest BCUT2D eigenvalue weighted by atomic mass is 10.1. The Balaban J connectivity index is 1.50. The molecular formula is C18H28N4OS. The summed E-state index contributed by atoms with van der Waals surface area (Å²) in [7, 11) is 0. The molecule has 6 heteroatoms. The summed E-state index contributed by atoms with van der Waals surface area (Å²) in [6.45, 7) is 9.17. The molecule has 1 aromatic rings. The topological polar surface area (TPSA) is 48.5 Å². The summed E-state index contributed by atoms with van der Waals surface area (Å²) in [4.78, 5) is 21.4. The number of amides is 2. The predicted octanol–water partition coefficient (Wildman–Crippen LogP) is 2.89. The predicted molar refractivity (Wildman–Crippen MR) is 101 cm³/mol. The Hall–Kier alpha value is -1.43. The minimum Gasteiger partial charge on any atom is -0.356 e. The highest BCUT2D eigenvalue weighted by atomic mass is 32.2. The highest BCUT2D eigenvalue weighted by Crippen LogP contribution is 2.24. The van der Waals surface area contributed by atoms with Gasteiger partial charge in [0, 0.05) is 48.9 Å². The molecule has 2 amide bonds. The normalized spacial score (nSPS) is 25.6. The van der Waals surface area contributed by atoms with Crippen LogP contribution in [0.5, 0.6) is 0 Å². The summed E-state index contributed by atoms with van der Waals surface area (Å²) < 4.78 is 0. The van der Waals surface area contributed by atoms with Gasteiger partial charge in [0.2, 0.25) is 0 Å². The number of anilines is 1. The summed E-state index contributed by atoms with van der Waals surface area (Å²) in [5.41, 5.74) is 1.18. The van der Waals surface area contributed by atoms with Gasteiger partial charge in [-0.15, -0.1) is 0 Å². The van der Waals surface area contributed by atoms with Crippen LogP contribution in [-0.4, -0.2) is 58.6 Å². The fraction of sp³-hybridized carbons (Fsp3) is 0.667. The molecule has 2 aliphatic heterocycles. The first-order chi connectivity index (χ1) is 11.5. The van der Waals surface area contributed by atoms with Gasteiger partial charge < -0.3 is 15.1 Å². The highest BCUT2D eigenvalue weighted by molar-refractivity contribution is 8.00. The third-order valence-electron chi connectivity index (χ3n) is 5.19. The number of urea groups is 1. The van der Waals surface area contributed by atoms with Crippen molar-refractivity contribution in [3.8, 4) is 0 Å². The number of rotatable bonds is 2. The van der Waals surface area contributed by atoms with E-state index >= 15 is 0 Å². The lowest BCUT2D eigenvalue weighted by molar-refractivity contribution is 0.174. The summed E-state index contributed by atoms with van der Waals surface area (Å²) in [5.74, 6) is 2.08. The number of pyridine rings is 1. The number of aromatic nitrogens is 1. The van der Waals surface area contributed by atoms with Crippen molar-refractivity contribution in [3.63, 3.8) is 0 Å². The van der Waals surface area contributed by atoms with Crippen molar-refractivity contribution in [1.82, 2.24) is 15.2 Å². The molecule has 3 heterocycles. The quantitative estimate of drug-likeness (QED) is 0.893. The molecule has 1 N–H and O–H groups in total. The van der Waals surface area contributed by atoms with Crippen molar-refractivity contribution in [1.29, 1.82) is 0 Å². The maximum atomic E-state index is 12.6. The lowest BCUT2D eigenvalue weighted by Crippen LogP contribution is -2.55. The summed E-state index contributed by atoms with van der Waals surface area (Å²) in [6.07, 6.45) is 3.88. The van der Waals surface area contributed by atoms with Gasteiger partial charge in [0.1, 0.15) is 5.82 Å². The molecule has 5 nitrogen and oxygen atoms in total. The number of nitrogens with one attached hydrogen (secondary N) is 1. The maximum absolute atomic E-state index is 12.6. The highest BCUT2D eigenvalue weighted by Gasteiger charge is 2.30. The van der Waals surface area contributed by atoms with Gasteiger partial charge in [-0.25, -0.2) is 9.78 Å². The van der Waals surface area contributed by atoms with Crippen LogP contribution >= 0.6 is 11.8 Å². The Morgan fingerprint density at radius 2 is 2.00 bits per heavy atom. The number of aryl methyl sites for hydroxylation is 1. The molecule has 1 aromatic heterocycles. The van der Waals surface area contributed by atoms with Gasteiger partial charge in [-0.1, -0.05) is 13.0 Å². The van der Waals surface area contributed by atoms with Crippen molar-refractivity contribution in [2.45, 2.75) is 50.9 Å². The number of carbonyl (C=O) groups is 1. The van der Waals surface area contributed by atoms with E-state index in [1.165, 1.54) is 5.56 Å². The molecule has 0 aromatic carbocycles. The zero-order valence-corrected chi connectivity index (χ0v) is 15.7. The van der Waals surface area contributed by atoms with E-state index in [0.717, 1.165) is 44.0 Å². The van der Waals surface area contributed by atoms with Crippen LogP contribution in [0.15, 0.2) is 18.3 Å². The monoisotopic (exact) mass is 348 g/mol. The molecule has 0 unspecified atom stereocenters. The maximum Gasteiger partial charge on any atom is 0.317 e. The molecular weight excluding hydrogens is 320 g/mol. The second-order valence-corrected chi connectivity index (χ2v) is 8.40. The van der Waals surface area contributed by atoms with Crippen molar-refractivity contribution < 1.29 is 4.79 Å². The van der Waals surface area contributed by atoms with Gasteiger partial charge in [0.25, 0.3) is 0 Å². The zero-order chi connectivity index (χ0) is 17.1. The molecule has 2 fully saturated rings. The first-order valence-electron chi connectivity index (χ1n) is 8.91. The molecule has 0 bridgehead atoms. The smallest absolute Gasteiger partial charge is 0.317 e. The molecule has 0 aliphatic carbocycles. The van der Waals surface area contributed by atoms with Gasteiger partial charge in [-0.2, -0.15) is 11.8 Å². The Kier molecular flexibility index (Phi) is 5.54. The zero-order valence-electron chi connectivity index (χ0n) is 14.9. The molecule has 2 saturated heterocycles. The van der Waals surface area contributed by atoms with Gasteiger partial charge in [-0.05, 0) is 38.3 Å². The fourth-order valence-electron chi connectivity index (χ4n) is 3.38. The van der Waals surface area contributed by atoms with E-state index in [9.17, 15) is 4.79 Å². The van der Waals surface area contributed by atoms with Crippen LogP contribution in [0.3, 0.4) is 0 Å². The van der Waals surface area contributed by atoms with Crippen LogP contribution < -0.4 is 10.2 Å². The average Bonchev–Trinajstić information content (AvgIpc) is 2.59. The minimum absolute atomic E-state index is 0.113. The van der Waals surface area contributed by atoms with E-state index in [4.69, 9.17) is 0 Å². The number of nitrogens with zero attached hydrogens (tertiary/aromatic N) is 3. The third-order valence-corrected chi connectivity index (χ3v) is 6.53. The molecule has 24 heavy (non-hydrogen) atoms. The van der Waals surface area contributed by atoms with Crippen LogP contribution in [0.1, 0.15) is 32.3 Å². The van der Waals surface area contributed by atoms with Gasteiger partial charge in [-0.3, -0.25) is 0 Å². The largest absolute Gasteiger partial charge is 0.356 e. The summed E-state index contributed by atoms with van der Waals surface area (Å²) in [6, 6.07) is 4.88. The number of thioether (sulfide) groups is 1. The van der Waals surface area contributed by atoms with Crippen molar-refractivity contribution in [2.24, 2.45) is 0 Å². The number of carbonyl (C=O) groups excluding carboxylic acids is 1. The Morgan fingerprint density at radius 1 is 1.25 bits per heavy atom. The van der Waals surface area contributed by atoms with E-state index in [0.29, 0.717) is 11.3 Å². The Morgan fingerprint density at radius 3 is 2.67 bits per heavy atom. The van der Waals surface area contributed by atoms with Gasteiger partial charge in [0.15, 0.2) is 0 Å². The Bertz CT molecular complexity index is 557. The van der Waals surface area contributed by atoms with Gasteiger partial charge >= 0.3 is 6.03 Å². The lowest BCUT2D eigenvalue weighted by Gasteiger charge is -2.39. The van der Waals surface area contributed by atoms with E-state index in [2.05, 4.69) is 48.1 Å². The second kappa shape index (κ2) is 7.64. The molecule has 3 rings (SSSR count). The van der Waals surface area contributed by atoms with Crippen molar-refractivity contribution >= 4 is 23.6 Å². The molecule has 0 spiro atoms. The van der Waals surface area contributed by atoms with Crippen molar-refractivity contribution in [3.05, 3.63) is 23.9 Å². The van der Waals surface area contributed by atoms with Crippen LogP contribution in [0.4, 0.5) is 10.6 Å². The number of hydrogen-bond acceptors (Lipinski definition) is 4. The molecule has 132 valence electrons. The standard InChI is InChI=1S/C18H28N4OS/c1-13-4-5-17(19-12-13)21-8-6-16(7-9-21)20-18(23)22-10-11-24-15(3)14(22)2/h4-5,12,14-16H,6-11H2,1-3H3,(H,20,23)/t14-,15-/m0/s1. The van der Waals surface area contributed by atoms with E-state index in [1.807, 2.05) is 22.9 Å². The second-order valence-electron chi connectivity index (χ2n) is 6.91. The van der Waals surface area contributed by atoms with E-state index in [-0.39, 0.29) is 12.1 Å². The van der Waals surface area contributed by atoms with Gasteiger partial charge in [0.05, 0.1) is 0 Å². The molecule has 0 saturated carbocycles. The van der Waals surface area contributed by atoms with Crippen LogP contribution in [0, 0.1) is 6.92 Å². The van der Waals surface area contributed by atoms with E-state index < -0.39 is 0 Å². The van der Waals surface area contributed by atoms with Crippen LogP contribution in [0.2, 0.25) is 0 Å². The summed E-state index contributed by atoms with van der Waals surface area (Å²) in [5, 5.41) is 3.76. The molecule has 0 radical (unpaired) electrons. The fourth-order valence-corrected chi connectivity index (χ4v) is 4.48. The Labute approximate surface area is 149 Å². The molecule has 2 atom stereocenters. The first-order valence-corrected chi connectivity index (χ1v) is 9.96. The molecule has 2 aliphatic rings. The van der Waals surface area contributed by atoms with Crippen LogP contribution in [-0.2, 0) is 0 Å². The average molecular weight is 349 g/mol. The number of hydrogen-bond donors (Lipinski definition) is 1. The van der Waals surface area contributed by atoms with Crippen LogP contribution in [0.25, 0.3) is 0 Å². The SMILES string of the molecule is Cc1ccc(N2CCC(NC(=O)N3CCS[C@@H](C)[C@@H]3C)CC2)nc1. The third kappa shape index (κ3) is 3.97. The van der Waals surface area contributed by atoms with E-state index in [1.54, 1.807) is 0 Å². The first kappa shape index (κ1) is 17.4. The summed E-state index contributed by atoms with van der Waals surface area (Å²) >= 11 is 1.96. The van der Waals surface area contributed by atoms with Crippen molar-refractivity contribution in [2.75, 3.05) is 30.3 Å².